The van der Waals surface area contributed by atoms with Gasteiger partial charge in [0.25, 0.3) is 0 Å². The van der Waals surface area contributed by atoms with Crippen LogP contribution in [0.3, 0.4) is 0 Å². The first-order valence-electron chi connectivity index (χ1n) is 5.10. The van der Waals surface area contributed by atoms with E-state index in [1.54, 1.807) is 26.1 Å². The van der Waals surface area contributed by atoms with Crippen LogP contribution >= 0.6 is 12.2 Å². The molecule has 0 aliphatic rings. The summed E-state index contributed by atoms with van der Waals surface area (Å²) in [6.45, 7) is -1.05. The van der Waals surface area contributed by atoms with Gasteiger partial charge in [-0.05, 0) is 49.0 Å². The zero-order valence-corrected chi connectivity index (χ0v) is 10.7. The number of thiocarbonyl (C=S) groups is 1. The third-order valence-electron chi connectivity index (χ3n) is 2.05. The van der Waals surface area contributed by atoms with Crippen molar-refractivity contribution in [2.45, 2.75) is 13.5 Å². The van der Waals surface area contributed by atoms with Gasteiger partial charge < -0.3 is 10.1 Å². The normalized spacial score (nSPS) is 11.3. The summed E-state index contributed by atoms with van der Waals surface area (Å²) in [5, 5.41) is 7.14. The molecular formula is C11H13F2N3OS. The number of ether oxygens (including phenoxy) is 1. The van der Waals surface area contributed by atoms with E-state index in [0.29, 0.717) is 10.8 Å². The predicted octanol–water partition coefficient (Wildman–Crippen LogP) is 2.11. The van der Waals surface area contributed by atoms with Crippen molar-refractivity contribution in [3.8, 4) is 5.75 Å². The van der Waals surface area contributed by atoms with E-state index in [0.717, 1.165) is 5.56 Å². The van der Waals surface area contributed by atoms with Crippen molar-refractivity contribution >= 4 is 23.0 Å². The van der Waals surface area contributed by atoms with Gasteiger partial charge in [0, 0.05) is 7.05 Å². The fourth-order valence-electron chi connectivity index (χ4n) is 1.13. The second-order valence-electron chi connectivity index (χ2n) is 3.29. The maximum Gasteiger partial charge on any atom is 0.387 e. The second-order valence-corrected chi connectivity index (χ2v) is 3.70. The van der Waals surface area contributed by atoms with Gasteiger partial charge in [0.05, 0.1) is 5.71 Å². The topological polar surface area (TPSA) is 45.7 Å². The Morgan fingerprint density at radius 2 is 1.94 bits per heavy atom. The monoisotopic (exact) mass is 273 g/mol. The maximum absolute atomic E-state index is 12.0. The number of hydrazone groups is 1. The van der Waals surface area contributed by atoms with Crippen molar-refractivity contribution in [3.05, 3.63) is 29.8 Å². The summed E-state index contributed by atoms with van der Waals surface area (Å²) in [7, 11) is 1.68. The molecule has 4 nitrogen and oxygen atoms in total. The lowest BCUT2D eigenvalue weighted by Crippen LogP contribution is -2.29. The Balaban J connectivity index is 2.69. The SMILES string of the molecule is CNC(=S)NN=C(C)c1ccc(OC(F)F)cc1. The van der Waals surface area contributed by atoms with Crippen molar-refractivity contribution in [1.29, 1.82) is 0 Å². The number of nitrogens with zero attached hydrogens (tertiary/aromatic N) is 1. The highest BCUT2D eigenvalue weighted by atomic mass is 32.1. The number of hydrogen-bond donors (Lipinski definition) is 2. The number of alkyl halides is 2. The molecule has 2 N–H and O–H groups in total. The lowest BCUT2D eigenvalue weighted by atomic mass is 10.1. The van der Waals surface area contributed by atoms with Crippen LogP contribution in [0.4, 0.5) is 8.78 Å². The molecule has 0 atom stereocenters. The third-order valence-corrected chi connectivity index (χ3v) is 2.34. The van der Waals surface area contributed by atoms with E-state index in [2.05, 4.69) is 20.6 Å². The molecule has 0 unspecified atom stereocenters. The van der Waals surface area contributed by atoms with Crippen LogP contribution in [0.5, 0.6) is 5.75 Å². The second kappa shape index (κ2) is 6.85. The van der Waals surface area contributed by atoms with E-state index < -0.39 is 6.61 Å². The van der Waals surface area contributed by atoms with E-state index in [4.69, 9.17) is 12.2 Å². The molecule has 0 saturated heterocycles. The summed E-state index contributed by atoms with van der Waals surface area (Å²) in [6, 6.07) is 6.19. The van der Waals surface area contributed by atoms with Gasteiger partial charge >= 0.3 is 6.61 Å². The van der Waals surface area contributed by atoms with Crippen molar-refractivity contribution in [2.75, 3.05) is 7.05 Å². The molecule has 0 heterocycles. The van der Waals surface area contributed by atoms with Gasteiger partial charge in [0.2, 0.25) is 0 Å². The molecule has 0 spiro atoms. The standard InChI is InChI=1S/C11H13F2N3OS/c1-7(15-16-11(18)14-2)8-3-5-9(6-4-8)17-10(12)13/h3-6,10H,1-2H3,(H2,14,16,18). The van der Waals surface area contributed by atoms with Gasteiger partial charge in [-0.1, -0.05) is 0 Å². The molecule has 0 radical (unpaired) electrons. The Bertz CT molecular complexity index is 434. The Kier molecular flexibility index (Phi) is 5.44. The molecule has 0 fully saturated rings. The van der Waals surface area contributed by atoms with E-state index in [1.807, 2.05) is 0 Å². The molecule has 0 aliphatic carbocycles. The Hall–Kier alpha value is -1.76. The van der Waals surface area contributed by atoms with Crippen LogP contribution in [0.25, 0.3) is 0 Å². The number of benzene rings is 1. The lowest BCUT2D eigenvalue weighted by molar-refractivity contribution is -0.0498. The Labute approximate surface area is 109 Å². The molecule has 0 aromatic heterocycles. The summed E-state index contributed by atoms with van der Waals surface area (Å²) in [4.78, 5) is 0. The van der Waals surface area contributed by atoms with Gasteiger partial charge in [-0.2, -0.15) is 13.9 Å². The number of hydrogen-bond acceptors (Lipinski definition) is 3. The largest absolute Gasteiger partial charge is 0.435 e. The van der Waals surface area contributed by atoms with Crippen LogP contribution < -0.4 is 15.5 Å². The van der Waals surface area contributed by atoms with Gasteiger partial charge in [0.15, 0.2) is 5.11 Å². The molecule has 7 heteroatoms. The first-order valence-corrected chi connectivity index (χ1v) is 5.51. The van der Waals surface area contributed by atoms with Crippen molar-refractivity contribution in [1.82, 2.24) is 10.7 Å². The minimum atomic E-state index is -2.82. The number of nitrogens with one attached hydrogen (secondary N) is 2. The highest BCUT2D eigenvalue weighted by Gasteiger charge is 2.04. The molecule has 0 bridgehead atoms. The van der Waals surface area contributed by atoms with Gasteiger partial charge in [-0.15, -0.1) is 0 Å². The van der Waals surface area contributed by atoms with Crippen molar-refractivity contribution in [2.24, 2.45) is 5.10 Å². The summed E-state index contributed by atoms with van der Waals surface area (Å²) in [5.41, 5.74) is 4.09. The van der Waals surface area contributed by atoms with E-state index in [1.165, 1.54) is 12.1 Å². The molecule has 1 aromatic carbocycles. The maximum atomic E-state index is 12.0. The molecule has 0 amide bonds. The minimum Gasteiger partial charge on any atom is -0.435 e. The van der Waals surface area contributed by atoms with Gasteiger partial charge in [-0.3, -0.25) is 5.43 Å². The van der Waals surface area contributed by atoms with Crippen LogP contribution in [-0.4, -0.2) is 24.5 Å². The fourth-order valence-corrected chi connectivity index (χ4v) is 1.18. The summed E-state index contributed by atoms with van der Waals surface area (Å²) in [5.74, 6) is 0.111. The van der Waals surface area contributed by atoms with Crippen LogP contribution in [0.15, 0.2) is 29.4 Å². The average molecular weight is 273 g/mol. The minimum absolute atomic E-state index is 0.111. The van der Waals surface area contributed by atoms with E-state index in [9.17, 15) is 8.78 Å². The molecule has 1 rings (SSSR count). The van der Waals surface area contributed by atoms with Crippen LogP contribution in [-0.2, 0) is 0 Å². The number of rotatable bonds is 4. The smallest absolute Gasteiger partial charge is 0.387 e. The molecule has 0 aliphatic heterocycles. The molecule has 0 saturated carbocycles. The van der Waals surface area contributed by atoms with Crippen molar-refractivity contribution in [3.63, 3.8) is 0 Å². The first-order chi connectivity index (χ1) is 8.52. The molecule has 18 heavy (non-hydrogen) atoms. The van der Waals surface area contributed by atoms with E-state index >= 15 is 0 Å². The average Bonchev–Trinajstić information content (AvgIpc) is 2.35. The zero-order chi connectivity index (χ0) is 13.5. The summed E-state index contributed by atoms with van der Waals surface area (Å²) < 4.78 is 28.1. The van der Waals surface area contributed by atoms with Crippen LogP contribution in [0, 0.1) is 0 Å². The van der Waals surface area contributed by atoms with Gasteiger partial charge in [-0.25, -0.2) is 0 Å². The van der Waals surface area contributed by atoms with Crippen LogP contribution in [0.1, 0.15) is 12.5 Å². The quantitative estimate of drug-likeness (QED) is 0.501. The molecule has 1 aromatic rings. The molecular weight excluding hydrogens is 260 g/mol. The number of halogens is 2. The van der Waals surface area contributed by atoms with Crippen molar-refractivity contribution < 1.29 is 13.5 Å². The zero-order valence-electron chi connectivity index (χ0n) is 9.91. The van der Waals surface area contributed by atoms with Gasteiger partial charge in [0.1, 0.15) is 5.75 Å². The summed E-state index contributed by atoms with van der Waals surface area (Å²) >= 11 is 4.86. The highest BCUT2D eigenvalue weighted by molar-refractivity contribution is 7.80. The lowest BCUT2D eigenvalue weighted by Gasteiger charge is -2.06. The predicted molar refractivity (Wildman–Crippen MR) is 70.1 cm³/mol. The fraction of sp³-hybridized carbons (Fsp3) is 0.273. The third kappa shape index (κ3) is 4.62. The molecule has 98 valence electrons. The highest BCUT2D eigenvalue weighted by Crippen LogP contribution is 2.15. The Morgan fingerprint density at radius 3 is 2.44 bits per heavy atom. The van der Waals surface area contributed by atoms with Crippen LogP contribution in [0.2, 0.25) is 0 Å². The summed E-state index contributed by atoms with van der Waals surface area (Å²) in [6.07, 6.45) is 0. The van der Waals surface area contributed by atoms with E-state index in [-0.39, 0.29) is 5.75 Å². The first kappa shape index (κ1) is 14.3. The Morgan fingerprint density at radius 1 is 1.33 bits per heavy atom.